The monoisotopic (exact) mass is 256 g/mol. The minimum Gasteiger partial charge on any atom is -0.395 e. The van der Waals surface area contributed by atoms with Crippen LogP contribution in [0.1, 0.15) is 52.4 Å². The molecule has 0 radical (unpaired) electrons. The Hall–Kier alpha value is -0.610. The van der Waals surface area contributed by atoms with Crippen LogP contribution in [0.5, 0.6) is 0 Å². The first-order valence-electron chi connectivity index (χ1n) is 7.14. The van der Waals surface area contributed by atoms with Crippen molar-refractivity contribution in [3.63, 3.8) is 0 Å². The number of amides is 1. The van der Waals surface area contributed by atoms with Gasteiger partial charge in [0.2, 0.25) is 5.91 Å². The molecule has 1 fully saturated rings. The molecule has 0 atom stereocenters. The number of carbonyl (C=O) groups is 1. The predicted octanol–water partition coefficient (Wildman–Crippen LogP) is 1.53. The third kappa shape index (κ3) is 3.95. The molecule has 0 aromatic carbocycles. The maximum Gasteiger partial charge on any atom is 0.224 e. The minimum atomic E-state index is -0.0159. The lowest BCUT2D eigenvalue weighted by Crippen LogP contribution is -2.50. The summed E-state index contributed by atoms with van der Waals surface area (Å²) in [5, 5.41) is 12.4. The average molecular weight is 256 g/mol. The summed E-state index contributed by atoms with van der Waals surface area (Å²) in [7, 11) is 1.96. The highest BCUT2D eigenvalue weighted by molar-refractivity contribution is 5.77. The number of hydrogen-bond acceptors (Lipinski definition) is 3. The van der Waals surface area contributed by atoms with Crippen LogP contribution in [0, 0.1) is 0 Å². The molecule has 0 heterocycles. The smallest absolute Gasteiger partial charge is 0.224 e. The zero-order chi connectivity index (χ0) is 13.6. The molecule has 0 spiro atoms. The molecule has 1 aliphatic rings. The molecule has 0 aromatic heterocycles. The van der Waals surface area contributed by atoms with E-state index >= 15 is 0 Å². The van der Waals surface area contributed by atoms with Crippen molar-refractivity contribution in [1.82, 2.24) is 10.2 Å². The molecule has 1 aliphatic carbocycles. The quantitative estimate of drug-likeness (QED) is 0.758. The number of aliphatic hydroxyl groups is 1. The van der Waals surface area contributed by atoms with Crippen LogP contribution in [0.15, 0.2) is 0 Å². The Morgan fingerprint density at radius 3 is 2.39 bits per heavy atom. The molecule has 1 rings (SSSR count). The van der Waals surface area contributed by atoms with Crippen molar-refractivity contribution in [2.45, 2.75) is 64.0 Å². The fraction of sp³-hybridized carbons (Fsp3) is 0.929. The Morgan fingerprint density at radius 2 is 1.94 bits per heavy atom. The molecule has 1 amide bonds. The van der Waals surface area contributed by atoms with E-state index in [4.69, 9.17) is 5.11 Å². The minimum absolute atomic E-state index is 0.0159. The summed E-state index contributed by atoms with van der Waals surface area (Å²) in [5.41, 5.74) is -0.0159. The third-order valence-corrected chi connectivity index (χ3v) is 4.12. The molecule has 0 unspecified atom stereocenters. The highest BCUT2D eigenvalue weighted by atomic mass is 16.3. The van der Waals surface area contributed by atoms with E-state index in [1.54, 1.807) is 4.90 Å². The normalized spacial score (nSPS) is 18.9. The van der Waals surface area contributed by atoms with Crippen molar-refractivity contribution in [3.05, 3.63) is 0 Å². The molecule has 18 heavy (non-hydrogen) atoms. The number of rotatable bonds is 6. The Labute approximate surface area is 111 Å². The van der Waals surface area contributed by atoms with Gasteiger partial charge in [0, 0.05) is 24.5 Å². The third-order valence-electron chi connectivity index (χ3n) is 4.12. The maximum atomic E-state index is 12.4. The Kier molecular flexibility index (Phi) is 6.09. The molecule has 106 valence electrons. The maximum absolute atomic E-state index is 12.4. The van der Waals surface area contributed by atoms with E-state index in [2.05, 4.69) is 5.32 Å². The van der Waals surface area contributed by atoms with Crippen LogP contribution in [0.2, 0.25) is 0 Å². The van der Waals surface area contributed by atoms with E-state index in [1.807, 2.05) is 20.9 Å². The molecule has 2 N–H and O–H groups in total. The zero-order valence-corrected chi connectivity index (χ0v) is 12.0. The van der Waals surface area contributed by atoms with Crippen molar-refractivity contribution in [2.75, 3.05) is 20.2 Å². The SMILES string of the molecule is CNC1(CC(=O)N(CCO)C(C)C)CCCCC1. The van der Waals surface area contributed by atoms with Crippen molar-refractivity contribution < 1.29 is 9.90 Å². The van der Waals surface area contributed by atoms with Crippen molar-refractivity contribution in [2.24, 2.45) is 0 Å². The van der Waals surface area contributed by atoms with Gasteiger partial charge in [-0.1, -0.05) is 19.3 Å². The molecule has 4 nitrogen and oxygen atoms in total. The summed E-state index contributed by atoms with van der Waals surface area (Å²) in [4.78, 5) is 14.2. The lowest BCUT2D eigenvalue weighted by molar-refractivity contribution is -0.135. The van der Waals surface area contributed by atoms with Gasteiger partial charge in [-0.2, -0.15) is 0 Å². The van der Waals surface area contributed by atoms with Crippen LogP contribution in [0.4, 0.5) is 0 Å². The lowest BCUT2D eigenvalue weighted by Gasteiger charge is -2.39. The van der Waals surface area contributed by atoms with Crippen LogP contribution < -0.4 is 5.32 Å². The lowest BCUT2D eigenvalue weighted by atomic mass is 9.79. The summed E-state index contributed by atoms with van der Waals surface area (Å²) < 4.78 is 0. The summed E-state index contributed by atoms with van der Waals surface area (Å²) >= 11 is 0. The molecular weight excluding hydrogens is 228 g/mol. The van der Waals surface area contributed by atoms with Gasteiger partial charge in [-0.05, 0) is 33.7 Å². The van der Waals surface area contributed by atoms with E-state index in [-0.39, 0.29) is 24.1 Å². The number of nitrogens with one attached hydrogen (secondary N) is 1. The van der Waals surface area contributed by atoms with Crippen molar-refractivity contribution in [1.29, 1.82) is 0 Å². The van der Waals surface area contributed by atoms with E-state index in [0.29, 0.717) is 13.0 Å². The first-order valence-corrected chi connectivity index (χ1v) is 7.14. The van der Waals surface area contributed by atoms with Crippen molar-refractivity contribution in [3.8, 4) is 0 Å². The average Bonchev–Trinajstić information content (AvgIpc) is 2.36. The number of hydrogen-bond donors (Lipinski definition) is 2. The first-order chi connectivity index (χ1) is 8.54. The first kappa shape index (κ1) is 15.4. The molecule has 0 aromatic rings. The Morgan fingerprint density at radius 1 is 1.33 bits per heavy atom. The fourth-order valence-corrected chi connectivity index (χ4v) is 2.91. The van der Waals surface area contributed by atoms with Crippen LogP contribution in [-0.4, -0.2) is 47.7 Å². The highest BCUT2D eigenvalue weighted by Crippen LogP contribution is 2.31. The predicted molar refractivity (Wildman–Crippen MR) is 73.4 cm³/mol. The molecule has 0 saturated heterocycles. The van der Waals surface area contributed by atoms with Gasteiger partial charge < -0.3 is 15.3 Å². The summed E-state index contributed by atoms with van der Waals surface area (Å²) in [6.45, 7) is 4.48. The molecule has 0 aliphatic heterocycles. The largest absolute Gasteiger partial charge is 0.395 e. The van der Waals surface area contributed by atoms with Gasteiger partial charge in [-0.3, -0.25) is 4.79 Å². The Bertz CT molecular complexity index is 261. The van der Waals surface area contributed by atoms with Crippen LogP contribution in [0.25, 0.3) is 0 Å². The fourth-order valence-electron chi connectivity index (χ4n) is 2.91. The highest BCUT2D eigenvalue weighted by Gasteiger charge is 2.34. The topological polar surface area (TPSA) is 52.6 Å². The van der Waals surface area contributed by atoms with Crippen LogP contribution in [0.3, 0.4) is 0 Å². The second-order valence-corrected chi connectivity index (χ2v) is 5.67. The molecule has 4 heteroatoms. The summed E-state index contributed by atoms with van der Waals surface area (Å²) in [6.07, 6.45) is 6.41. The van der Waals surface area contributed by atoms with Gasteiger partial charge in [0.05, 0.1) is 6.61 Å². The van der Waals surface area contributed by atoms with Gasteiger partial charge in [0.1, 0.15) is 0 Å². The van der Waals surface area contributed by atoms with Gasteiger partial charge in [0.25, 0.3) is 0 Å². The number of nitrogens with zero attached hydrogens (tertiary/aromatic N) is 1. The van der Waals surface area contributed by atoms with E-state index in [1.165, 1.54) is 19.3 Å². The van der Waals surface area contributed by atoms with E-state index in [0.717, 1.165) is 12.8 Å². The summed E-state index contributed by atoms with van der Waals surface area (Å²) in [5.74, 6) is 0.162. The number of carbonyl (C=O) groups excluding carboxylic acids is 1. The second-order valence-electron chi connectivity index (χ2n) is 5.67. The van der Waals surface area contributed by atoms with Gasteiger partial charge in [-0.25, -0.2) is 0 Å². The molecular formula is C14H28N2O2. The standard InChI is InChI=1S/C14H28N2O2/c1-12(2)16(9-10-17)13(18)11-14(15-3)7-5-4-6-8-14/h12,15,17H,4-11H2,1-3H3. The molecule has 1 saturated carbocycles. The van der Waals surface area contributed by atoms with E-state index in [9.17, 15) is 4.79 Å². The molecule has 0 bridgehead atoms. The Balaban J connectivity index is 2.64. The van der Waals surface area contributed by atoms with Gasteiger partial charge >= 0.3 is 0 Å². The van der Waals surface area contributed by atoms with E-state index < -0.39 is 0 Å². The summed E-state index contributed by atoms with van der Waals surface area (Å²) in [6, 6.07) is 0.155. The van der Waals surface area contributed by atoms with Crippen LogP contribution in [-0.2, 0) is 4.79 Å². The number of aliphatic hydroxyl groups excluding tert-OH is 1. The van der Waals surface area contributed by atoms with Crippen LogP contribution >= 0.6 is 0 Å². The zero-order valence-electron chi connectivity index (χ0n) is 12.0. The van der Waals surface area contributed by atoms with Gasteiger partial charge in [-0.15, -0.1) is 0 Å². The van der Waals surface area contributed by atoms with Crippen molar-refractivity contribution >= 4 is 5.91 Å². The second kappa shape index (κ2) is 7.10. The van der Waals surface area contributed by atoms with Gasteiger partial charge in [0.15, 0.2) is 0 Å².